The van der Waals surface area contributed by atoms with E-state index in [4.69, 9.17) is 12.2 Å². The van der Waals surface area contributed by atoms with Crippen LogP contribution in [0, 0.1) is 6.92 Å². The molecule has 1 atom stereocenters. The summed E-state index contributed by atoms with van der Waals surface area (Å²) in [7, 11) is 4.17. The van der Waals surface area contributed by atoms with Gasteiger partial charge in [0, 0.05) is 17.1 Å². The van der Waals surface area contributed by atoms with Crippen molar-refractivity contribution >= 4 is 34.4 Å². The van der Waals surface area contributed by atoms with Crippen molar-refractivity contribution in [2.75, 3.05) is 26.0 Å². The van der Waals surface area contributed by atoms with Gasteiger partial charge in [-0.15, -0.1) is 11.3 Å². The lowest BCUT2D eigenvalue weighted by molar-refractivity contribution is 0.303. The molecule has 2 N–H and O–H groups in total. The first-order valence-electron chi connectivity index (χ1n) is 6.87. The highest BCUT2D eigenvalue weighted by Gasteiger charge is 2.15. The van der Waals surface area contributed by atoms with E-state index >= 15 is 0 Å². The molecule has 0 spiro atoms. The zero-order chi connectivity index (χ0) is 15.2. The molecule has 0 fully saturated rings. The second-order valence-corrected chi connectivity index (χ2v) is 6.59. The molecule has 0 aliphatic rings. The highest BCUT2D eigenvalue weighted by atomic mass is 32.1. The third-order valence-electron chi connectivity index (χ3n) is 3.23. The SMILES string of the molecule is Cc1cccc(NC(=S)NC[C@@H](c2cccs2)N(C)C)c1. The molecule has 3 nitrogen and oxygen atoms in total. The van der Waals surface area contributed by atoms with Crippen LogP contribution >= 0.6 is 23.6 Å². The Morgan fingerprint density at radius 3 is 2.71 bits per heavy atom. The molecule has 0 saturated carbocycles. The highest BCUT2D eigenvalue weighted by molar-refractivity contribution is 7.80. The largest absolute Gasteiger partial charge is 0.360 e. The van der Waals surface area contributed by atoms with Crippen LogP contribution in [0.1, 0.15) is 16.5 Å². The van der Waals surface area contributed by atoms with Gasteiger partial charge < -0.3 is 15.5 Å². The van der Waals surface area contributed by atoms with Gasteiger partial charge in [0.25, 0.3) is 0 Å². The highest BCUT2D eigenvalue weighted by Crippen LogP contribution is 2.22. The Bertz CT molecular complexity index is 579. The fourth-order valence-electron chi connectivity index (χ4n) is 2.11. The summed E-state index contributed by atoms with van der Waals surface area (Å²) < 4.78 is 0. The van der Waals surface area contributed by atoms with Gasteiger partial charge in [-0.2, -0.15) is 0 Å². The third kappa shape index (κ3) is 4.81. The Kier molecular flexibility index (Phi) is 5.73. The maximum Gasteiger partial charge on any atom is 0.170 e. The van der Waals surface area contributed by atoms with E-state index in [1.165, 1.54) is 10.4 Å². The van der Waals surface area contributed by atoms with Crippen molar-refractivity contribution in [3.63, 3.8) is 0 Å². The summed E-state index contributed by atoms with van der Waals surface area (Å²) in [5.74, 6) is 0. The van der Waals surface area contributed by atoms with Crippen LogP contribution in [0.5, 0.6) is 0 Å². The number of thiophene rings is 1. The monoisotopic (exact) mass is 319 g/mol. The van der Waals surface area contributed by atoms with Crippen LogP contribution in [-0.4, -0.2) is 30.7 Å². The lowest BCUT2D eigenvalue weighted by atomic mass is 10.2. The zero-order valence-corrected chi connectivity index (χ0v) is 14.2. The van der Waals surface area contributed by atoms with Gasteiger partial charge in [-0.1, -0.05) is 18.2 Å². The number of aryl methyl sites for hydroxylation is 1. The molecule has 2 aromatic rings. The van der Waals surface area contributed by atoms with Crippen molar-refractivity contribution in [3.8, 4) is 0 Å². The lowest BCUT2D eigenvalue weighted by Gasteiger charge is -2.24. The first-order valence-corrected chi connectivity index (χ1v) is 8.16. The van der Waals surface area contributed by atoms with Gasteiger partial charge in [-0.3, -0.25) is 0 Å². The number of likely N-dealkylation sites (N-methyl/N-ethyl adjacent to an activating group) is 1. The van der Waals surface area contributed by atoms with E-state index < -0.39 is 0 Å². The van der Waals surface area contributed by atoms with Crippen LogP contribution in [-0.2, 0) is 0 Å². The molecule has 21 heavy (non-hydrogen) atoms. The molecule has 0 aliphatic carbocycles. The van der Waals surface area contributed by atoms with Crippen molar-refractivity contribution in [2.24, 2.45) is 0 Å². The Morgan fingerprint density at radius 1 is 1.29 bits per heavy atom. The summed E-state index contributed by atoms with van der Waals surface area (Å²) in [4.78, 5) is 3.54. The fraction of sp³-hybridized carbons (Fsp3) is 0.312. The summed E-state index contributed by atoms with van der Waals surface area (Å²) in [5.41, 5.74) is 2.23. The van der Waals surface area contributed by atoms with Gasteiger partial charge in [0.2, 0.25) is 0 Å². The van der Waals surface area contributed by atoms with Crippen molar-refractivity contribution in [3.05, 3.63) is 52.2 Å². The second kappa shape index (κ2) is 7.54. The predicted octanol–water partition coefficient (Wildman–Crippen LogP) is 3.65. The molecule has 2 rings (SSSR count). The Labute approximate surface area is 136 Å². The molecular formula is C16H21N3S2. The van der Waals surface area contributed by atoms with E-state index in [1.807, 2.05) is 12.1 Å². The molecule has 0 radical (unpaired) electrons. The summed E-state index contributed by atoms with van der Waals surface area (Å²) in [5, 5.41) is 9.30. The van der Waals surface area contributed by atoms with E-state index in [0.29, 0.717) is 11.2 Å². The Morgan fingerprint density at radius 2 is 2.10 bits per heavy atom. The lowest BCUT2D eigenvalue weighted by Crippen LogP contribution is -2.36. The van der Waals surface area contributed by atoms with Crippen LogP contribution in [0.4, 0.5) is 5.69 Å². The minimum atomic E-state index is 0.322. The van der Waals surface area contributed by atoms with Gasteiger partial charge in [0.05, 0.1) is 6.04 Å². The quantitative estimate of drug-likeness (QED) is 0.823. The minimum absolute atomic E-state index is 0.322. The van der Waals surface area contributed by atoms with Crippen molar-refractivity contribution < 1.29 is 0 Å². The summed E-state index contributed by atoms with van der Waals surface area (Å²) in [6.45, 7) is 2.85. The maximum atomic E-state index is 5.38. The molecule has 0 bridgehead atoms. The number of anilines is 1. The molecule has 5 heteroatoms. The van der Waals surface area contributed by atoms with Crippen LogP contribution < -0.4 is 10.6 Å². The van der Waals surface area contributed by atoms with Crippen LogP contribution in [0.2, 0.25) is 0 Å². The van der Waals surface area contributed by atoms with Gasteiger partial charge in [-0.05, 0) is 62.4 Å². The molecule has 1 aromatic heterocycles. The van der Waals surface area contributed by atoms with Crippen molar-refractivity contribution in [1.82, 2.24) is 10.2 Å². The molecule has 0 amide bonds. The molecule has 0 saturated heterocycles. The molecule has 0 aliphatic heterocycles. The minimum Gasteiger partial charge on any atom is -0.360 e. The second-order valence-electron chi connectivity index (χ2n) is 5.20. The number of rotatable bonds is 5. The standard InChI is InChI=1S/C16H21N3S2/c1-12-6-4-7-13(10-12)18-16(20)17-11-14(19(2)3)15-8-5-9-21-15/h4-10,14H,11H2,1-3H3,(H2,17,18,20)/t14-/m0/s1. The first kappa shape index (κ1) is 15.9. The summed E-state index contributed by atoms with van der Waals surface area (Å²) in [6.07, 6.45) is 0. The number of nitrogens with zero attached hydrogens (tertiary/aromatic N) is 1. The topological polar surface area (TPSA) is 27.3 Å². The molecule has 112 valence electrons. The van der Waals surface area contributed by atoms with Gasteiger partial charge in [-0.25, -0.2) is 0 Å². The average molecular weight is 319 g/mol. The third-order valence-corrected chi connectivity index (χ3v) is 4.45. The maximum absolute atomic E-state index is 5.38. The molecule has 1 heterocycles. The number of hydrogen-bond donors (Lipinski definition) is 2. The summed E-state index contributed by atoms with van der Waals surface area (Å²) in [6, 6.07) is 12.8. The normalized spacial score (nSPS) is 12.2. The molecule has 1 aromatic carbocycles. The molecule has 0 unspecified atom stereocenters. The number of nitrogens with one attached hydrogen (secondary N) is 2. The smallest absolute Gasteiger partial charge is 0.170 e. The van der Waals surface area contributed by atoms with Crippen molar-refractivity contribution in [2.45, 2.75) is 13.0 Å². The van der Waals surface area contributed by atoms with Gasteiger partial charge in [0.15, 0.2) is 5.11 Å². The number of hydrogen-bond acceptors (Lipinski definition) is 3. The average Bonchev–Trinajstić information content (AvgIpc) is 2.92. The Hall–Kier alpha value is -1.43. The zero-order valence-electron chi connectivity index (χ0n) is 12.6. The Balaban J connectivity index is 1.90. The predicted molar refractivity (Wildman–Crippen MR) is 96.1 cm³/mol. The fourth-order valence-corrected chi connectivity index (χ4v) is 3.23. The van der Waals surface area contributed by atoms with E-state index in [9.17, 15) is 0 Å². The van der Waals surface area contributed by atoms with Gasteiger partial charge >= 0.3 is 0 Å². The first-order chi connectivity index (χ1) is 10.1. The summed E-state index contributed by atoms with van der Waals surface area (Å²) >= 11 is 7.15. The number of benzene rings is 1. The van der Waals surface area contributed by atoms with E-state index in [1.54, 1.807) is 11.3 Å². The van der Waals surface area contributed by atoms with Crippen molar-refractivity contribution in [1.29, 1.82) is 0 Å². The van der Waals surface area contributed by atoms with E-state index in [-0.39, 0.29) is 0 Å². The number of thiocarbonyl (C=S) groups is 1. The van der Waals surface area contributed by atoms with E-state index in [2.05, 4.69) is 66.2 Å². The van der Waals surface area contributed by atoms with Crippen LogP contribution in [0.15, 0.2) is 41.8 Å². The molecular weight excluding hydrogens is 298 g/mol. The van der Waals surface area contributed by atoms with E-state index in [0.717, 1.165) is 12.2 Å². The van der Waals surface area contributed by atoms with Crippen LogP contribution in [0.3, 0.4) is 0 Å². The van der Waals surface area contributed by atoms with Gasteiger partial charge in [0.1, 0.15) is 0 Å². The van der Waals surface area contributed by atoms with Crippen LogP contribution in [0.25, 0.3) is 0 Å².